The van der Waals surface area contributed by atoms with Gasteiger partial charge in [0, 0.05) is 18.1 Å². The third kappa shape index (κ3) is 10.8. The largest absolute Gasteiger partial charge is 0.481 e. The summed E-state index contributed by atoms with van der Waals surface area (Å²) < 4.78 is 185. The maximum atomic E-state index is 15.2. The fourth-order valence-corrected chi connectivity index (χ4v) is 6.05. The Hall–Kier alpha value is -5.03. The van der Waals surface area contributed by atoms with Crippen LogP contribution in [0.15, 0.2) is 78.4 Å². The molecule has 0 heterocycles. The predicted octanol–water partition coefficient (Wildman–Crippen LogP) is 11.0. The number of carbonyl (C=O) groups excluding carboxylic acids is 1. The molecule has 1 aliphatic carbocycles. The van der Waals surface area contributed by atoms with Gasteiger partial charge < -0.3 is 15.2 Å². The highest BCUT2D eigenvalue weighted by molar-refractivity contribution is 5.95. The smallest absolute Gasteiger partial charge is 0.461 e. The number of ether oxygens (including phenoxy) is 1. The van der Waals surface area contributed by atoms with E-state index >= 15 is 4.39 Å². The molecule has 1 aliphatic rings. The van der Waals surface area contributed by atoms with Gasteiger partial charge in [0.05, 0.1) is 16.7 Å². The van der Waals surface area contributed by atoms with Crippen molar-refractivity contribution in [1.29, 1.82) is 0 Å². The topological polar surface area (TPSA) is 75.6 Å². The first-order valence-corrected chi connectivity index (χ1v) is 16.3. The zero-order valence-corrected chi connectivity index (χ0v) is 28.1. The molecule has 0 saturated carbocycles. The molecule has 0 aliphatic heterocycles. The lowest BCUT2D eigenvalue weighted by atomic mass is 9.73. The van der Waals surface area contributed by atoms with Crippen LogP contribution in [0.4, 0.5) is 57.1 Å². The van der Waals surface area contributed by atoms with Gasteiger partial charge in [-0.05, 0) is 91.6 Å². The highest BCUT2D eigenvalue weighted by Crippen LogP contribution is 2.44. The number of nitrogens with one attached hydrogen (secondary N) is 1. The van der Waals surface area contributed by atoms with Gasteiger partial charge in [0.2, 0.25) is 0 Å². The summed E-state index contributed by atoms with van der Waals surface area (Å²) in [7, 11) is 0. The summed E-state index contributed by atoms with van der Waals surface area (Å²) in [4.78, 5) is 24.6. The summed E-state index contributed by atoms with van der Waals surface area (Å²) in [5.74, 6) is -9.79. The summed E-state index contributed by atoms with van der Waals surface area (Å²) in [6.45, 7) is 0. The van der Waals surface area contributed by atoms with E-state index in [1.165, 1.54) is 6.08 Å². The Morgan fingerprint density at radius 1 is 0.800 bits per heavy atom. The number of halogens is 13. The molecule has 0 spiro atoms. The highest BCUT2D eigenvalue weighted by atomic mass is 19.4. The van der Waals surface area contributed by atoms with E-state index in [2.05, 4.69) is 10.1 Å². The number of rotatable bonds is 15. The van der Waals surface area contributed by atoms with E-state index in [4.69, 9.17) is 5.11 Å². The number of benzene rings is 3. The van der Waals surface area contributed by atoms with Crippen molar-refractivity contribution in [2.24, 2.45) is 5.92 Å². The average molecular weight is 800 g/mol. The number of carbonyl (C=O) groups is 2. The van der Waals surface area contributed by atoms with E-state index < -0.39 is 106 Å². The van der Waals surface area contributed by atoms with E-state index in [-0.39, 0.29) is 37.1 Å². The van der Waals surface area contributed by atoms with Gasteiger partial charge in [-0.25, -0.2) is 13.2 Å². The molecule has 1 unspecified atom stereocenters. The molecule has 0 fully saturated rings. The van der Waals surface area contributed by atoms with Gasteiger partial charge in [0.15, 0.2) is 0 Å². The number of unbranched alkanes of at least 4 members (excludes halogenated alkanes) is 2. The van der Waals surface area contributed by atoms with Crippen molar-refractivity contribution < 1.29 is 76.5 Å². The Bertz CT molecular complexity index is 1940. The van der Waals surface area contributed by atoms with Crippen LogP contribution in [0.2, 0.25) is 0 Å². The number of amides is 1. The van der Waals surface area contributed by atoms with Crippen LogP contribution in [-0.4, -0.2) is 29.5 Å². The molecule has 3 aromatic carbocycles. The molecule has 18 heteroatoms. The first-order valence-electron chi connectivity index (χ1n) is 16.3. The number of carboxylic acid groups (broad SMARTS) is 1. The van der Waals surface area contributed by atoms with Crippen LogP contribution in [0.1, 0.15) is 77.6 Å². The van der Waals surface area contributed by atoms with Crippen LogP contribution in [0.25, 0.3) is 0 Å². The minimum absolute atomic E-state index is 0.0444. The van der Waals surface area contributed by atoms with Gasteiger partial charge in [-0.1, -0.05) is 36.3 Å². The Morgan fingerprint density at radius 2 is 1.44 bits per heavy atom. The van der Waals surface area contributed by atoms with Gasteiger partial charge in [-0.3, -0.25) is 9.59 Å². The van der Waals surface area contributed by atoms with Gasteiger partial charge in [0.1, 0.15) is 23.2 Å². The molecule has 0 saturated heterocycles. The van der Waals surface area contributed by atoms with Gasteiger partial charge >= 0.3 is 30.9 Å². The van der Waals surface area contributed by atoms with E-state index in [0.717, 1.165) is 5.57 Å². The summed E-state index contributed by atoms with van der Waals surface area (Å²) >= 11 is 0. The van der Waals surface area contributed by atoms with Crippen molar-refractivity contribution in [3.05, 3.63) is 124 Å². The zero-order chi connectivity index (χ0) is 40.9. The second kappa shape index (κ2) is 16.8. The molecule has 5 nitrogen and oxygen atoms in total. The number of aliphatic carboxylic acids is 1. The summed E-state index contributed by atoms with van der Waals surface area (Å²) in [5.41, 5.74) is -8.08. The summed E-state index contributed by atoms with van der Waals surface area (Å²) in [6.07, 6.45) is -14.3. The predicted molar refractivity (Wildman–Crippen MR) is 170 cm³/mol. The SMILES string of the molecule is O=C(O)CCCCCC1=CCC(C[C@@](NC(=O)c2ccc(F)c(C(F)(F)F)c2)(c2cc(F)cc(OC(F)(F)C(F)F)c2)c2ccc(F)c(C(F)(F)F)c2)C=C1. The quantitative estimate of drug-likeness (QED) is 0.119. The molecule has 0 bridgehead atoms. The standard InChI is InChI=1S/C37H30F13NO4/c38-25-15-24(16-26(18-25)55-37(49,50)33(41)42)34(23-11-13-30(40)28(17-23)36(46,47)48,51-32(54)22-10-12-29(39)27(14-22)35(43,44)45)19-21-8-6-20(7-9-21)4-2-1-3-5-31(52)53/h6-8,10-18,21,33H,1-5,9,19H2,(H,51,54)(H,52,53)/t21?,34-/m0/s1. The molecule has 55 heavy (non-hydrogen) atoms. The van der Waals surface area contributed by atoms with Crippen LogP contribution in [0, 0.1) is 23.4 Å². The first kappa shape index (κ1) is 42.7. The minimum Gasteiger partial charge on any atom is -0.481 e. The van der Waals surface area contributed by atoms with Crippen molar-refractivity contribution in [1.82, 2.24) is 5.32 Å². The molecule has 1 amide bonds. The fourth-order valence-electron chi connectivity index (χ4n) is 6.05. The Labute approximate surface area is 304 Å². The zero-order valence-electron chi connectivity index (χ0n) is 28.1. The lowest BCUT2D eigenvalue weighted by Gasteiger charge is -2.39. The molecule has 2 atom stereocenters. The average Bonchev–Trinajstić information content (AvgIpc) is 3.07. The van der Waals surface area contributed by atoms with E-state index in [1.54, 1.807) is 12.2 Å². The number of allylic oxidation sites excluding steroid dienone is 4. The fraction of sp³-hybridized carbons (Fsp3) is 0.351. The normalized spacial score (nSPS) is 16.1. The van der Waals surface area contributed by atoms with Gasteiger partial charge in [-0.2, -0.15) is 43.9 Å². The number of hydrogen-bond donors (Lipinski definition) is 2. The summed E-state index contributed by atoms with van der Waals surface area (Å²) in [6, 6.07) is 3.40. The maximum absolute atomic E-state index is 15.2. The van der Waals surface area contributed by atoms with Gasteiger partial charge in [0.25, 0.3) is 5.91 Å². The Kier molecular flexibility index (Phi) is 13.0. The lowest BCUT2D eigenvalue weighted by Crippen LogP contribution is -2.48. The van der Waals surface area contributed by atoms with Crippen LogP contribution < -0.4 is 10.1 Å². The van der Waals surface area contributed by atoms with Crippen LogP contribution >= 0.6 is 0 Å². The number of alkyl halides is 10. The van der Waals surface area contributed by atoms with E-state index in [0.29, 0.717) is 56.0 Å². The second-order valence-corrected chi connectivity index (χ2v) is 12.7. The van der Waals surface area contributed by atoms with E-state index in [1.807, 2.05) is 0 Å². The van der Waals surface area contributed by atoms with Crippen LogP contribution in [0.5, 0.6) is 5.75 Å². The molecular weight excluding hydrogens is 769 g/mol. The molecule has 0 aromatic heterocycles. The van der Waals surface area contributed by atoms with E-state index in [9.17, 15) is 62.3 Å². The summed E-state index contributed by atoms with van der Waals surface area (Å²) in [5, 5.41) is 11.1. The Morgan fingerprint density at radius 3 is 2.02 bits per heavy atom. The molecule has 2 N–H and O–H groups in total. The van der Waals surface area contributed by atoms with Crippen LogP contribution in [0.3, 0.4) is 0 Å². The van der Waals surface area contributed by atoms with Gasteiger partial charge in [-0.15, -0.1) is 0 Å². The lowest BCUT2D eigenvalue weighted by molar-refractivity contribution is -0.253. The maximum Gasteiger partial charge on any atom is 0.461 e. The molecular formula is C37H30F13NO4. The first-order chi connectivity index (χ1) is 25.5. The third-order valence-corrected chi connectivity index (χ3v) is 8.69. The van der Waals surface area contributed by atoms with Crippen molar-refractivity contribution in [3.63, 3.8) is 0 Å². The highest BCUT2D eigenvalue weighted by Gasteiger charge is 2.46. The molecule has 4 rings (SSSR count). The van der Waals surface area contributed by atoms with Crippen LogP contribution in [-0.2, 0) is 22.7 Å². The van der Waals surface area contributed by atoms with Crippen molar-refractivity contribution in [2.75, 3.05) is 0 Å². The monoisotopic (exact) mass is 799 g/mol. The van der Waals surface area contributed by atoms with Crippen molar-refractivity contribution in [2.45, 2.75) is 75.4 Å². The van der Waals surface area contributed by atoms with Crippen molar-refractivity contribution >= 4 is 11.9 Å². The third-order valence-electron chi connectivity index (χ3n) is 8.69. The molecule has 0 radical (unpaired) electrons. The van der Waals surface area contributed by atoms with Crippen molar-refractivity contribution in [3.8, 4) is 5.75 Å². The second-order valence-electron chi connectivity index (χ2n) is 12.7. The molecule has 298 valence electrons. The minimum atomic E-state index is -5.41. The number of hydrogen-bond acceptors (Lipinski definition) is 3. The molecule has 3 aromatic rings. The Balaban J connectivity index is 1.91. The number of carboxylic acids is 1.